The third-order valence-corrected chi connectivity index (χ3v) is 6.84. The first-order valence-electron chi connectivity index (χ1n) is 8.60. The van der Waals surface area contributed by atoms with Crippen molar-refractivity contribution in [3.63, 3.8) is 0 Å². The van der Waals surface area contributed by atoms with Crippen LogP contribution in [0.3, 0.4) is 0 Å². The molecule has 2 aromatic carbocycles. The van der Waals surface area contributed by atoms with E-state index in [1.165, 1.54) is 12.1 Å². The lowest BCUT2D eigenvalue weighted by atomic mass is 10.2. The van der Waals surface area contributed by atoms with Crippen LogP contribution < -0.4 is 11.1 Å². The van der Waals surface area contributed by atoms with Crippen LogP contribution >= 0.6 is 11.8 Å². The Kier molecular flexibility index (Phi) is 6.13. The number of aromatic nitrogens is 2. The van der Waals surface area contributed by atoms with E-state index in [9.17, 15) is 22.0 Å². The molecule has 0 aliphatic rings. The molecule has 3 aromatic rings. The van der Waals surface area contributed by atoms with Gasteiger partial charge in [0, 0.05) is 6.07 Å². The predicted molar refractivity (Wildman–Crippen MR) is 110 cm³/mol. The van der Waals surface area contributed by atoms with Crippen LogP contribution in [0.1, 0.15) is 5.56 Å². The summed E-state index contributed by atoms with van der Waals surface area (Å²) < 4.78 is 53.9. The Labute approximate surface area is 176 Å². The number of benzene rings is 2. The molecule has 0 spiro atoms. The van der Waals surface area contributed by atoms with Crippen molar-refractivity contribution in [2.45, 2.75) is 28.3 Å². The number of anilines is 2. The minimum atomic E-state index is -3.98. The number of carbonyl (C=O) groups is 1. The van der Waals surface area contributed by atoms with Crippen molar-refractivity contribution < 1.29 is 22.0 Å². The van der Waals surface area contributed by atoms with Crippen molar-refractivity contribution in [1.82, 2.24) is 9.78 Å². The van der Waals surface area contributed by atoms with Crippen molar-refractivity contribution in [2.75, 3.05) is 17.3 Å². The molecule has 0 fully saturated rings. The van der Waals surface area contributed by atoms with Crippen LogP contribution in [0, 0.1) is 18.6 Å². The van der Waals surface area contributed by atoms with Crippen LogP contribution in [0.2, 0.25) is 0 Å². The Balaban J connectivity index is 1.91. The van der Waals surface area contributed by atoms with E-state index >= 15 is 0 Å². The Hall–Kier alpha value is -2.92. The molecule has 0 saturated carbocycles. The number of nitrogens with two attached hydrogens (primary N) is 1. The van der Waals surface area contributed by atoms with E-state index in [4.69, 9.17) is 5.73 Å². The fraction of sp³-hybridized carbons (Fsp3) is 0.158. The molecule has 1 aromatic heterocycles. The zero-order valence-electron chi connectivity index (χ0n) is 16.0. The van der Waals surface area contributed by atoms with Crippen LogP contribution in [0.25, 0.3) is 0 Å². The number of nitrogens with one attached hydrogen (secondary N) is 1. The van der Waals surface area contributed by atoms with E-state index in [2.05, 4.69) is 10.4 Å². The Morgan fingerprint density at radius 1 is 1.20 bits per heavy atom. The number of sulfone groups is 1. The highest BCUT2D eigenvalue weighted by molar-refractivity contribution is 7.99. The van der Waals surface area contributed by atoms with Crippen LogP contribution in [-0.2, 0) is 21.2 Å². The second-order valence-electron chi connectivity index (χ2n) is 6.37. The lowest BCUT2D eigenvalue weighted by Gasteiger charge is -2.08. The Morgan fingerprint density at radius 2 is 1.87 bits per heavy atom. The molecule has 0 aliphatic carbocycles. The van der Waals surface area contributed by atoms with E-state index < -0.39 is 33.9 Å². The largest absolute Gasteiger partial charge is 0.383 e. The summed E-state index contributed by atoms with van der Waals surface area (Å²) in [4.78, 5) is 12.1. The minimum Gasteiger partial charge on any atom is -0.383 e. The van der Waals surface area contributed by atoms with Gasteiger partial charge in [0.05, 0.1) is 10.6 Å². The third kappa shape index (κ3) is 4.31. The number of halogens is 2. The molecule has 11 heteroatoms. The van der Waals surface area contributed by atoms with Gasteiger partial charge in [0.1, 0.15) is 33.9 Å². The van der Waals surface area contributed by atoms with Crippen molar-refractivity contribution in [3.05, 3.63) is 59.7 Å². The molecule has 7 nitrogen and oxygen atoms in total. The van der Waals surface area contributed by atoms with E-state index in [0.29, 0.717) is 6.07 Å². The monoisotopic (exact) mass is 452 g/mol. The number of carbonyl (C=O) groups excluding carboxylic acids is 1. The number of hydrogen-bond donors (Lipinski definition) is 2. The molecule has 3 rings (SSSR count). The molecule has 0 atom stereocenters. The highest BCUT2D eigenvalue weighted by atomic mass is 32.2. The van der Waals surface area contributed by atoms with Gasteiger partial charge in [-0.2, -0.15) is 5.10 Å². The average molecular weight is 453 g/mol. The van der Waals surface area contributed by atoms with Crippen molar-refractivity contribution in [1.29, 1.82) is 0 Å². The van der Waals surface area contributed by atoms with Crippen LogP contribution in [0.5, 0.6) is 0 Å². The number of nitrogen functional groups attached to an aromatic ring is 1. The van der Waals surface area contributed by atoms with Crippen LogP contribution in [0.15, 0.2) is 57.3 Å². The fourth-order valence-corrected chi connectivity index (χ4v) is 5.13. The summed E-state index contributed by atoms with van der Waals surface area (Å²) in [6.07, 6.45) is 1.63. The summed E-state index contributed by atoms with van der Waals surface area (Å²) in [5.41, 5.74) is 6.71. The lowest BCUT2D eigenvalue weighted by Crippen LogP contribution is -2.21. The maximum Gasteiger partial charge on any atom is 0.246 e. The van der Waals surface area contributed by atoms with Crippen LogP contribution in [0.4, 0.5) is 20.3 Å². The van der Waals surface area contributed by atoms with Gasteiger partial charge in [-0.25, -0.2) is 21.9 Å². The number of aryl methyl sites for hydroxylation is 1. The highest BCUT2D eigenvalue weighted by Gasteiger charge is 2.29. The molecular formula is C19H18F2N4O3S2. The van der Waals surface area contributed by atoms with E-state index in [-0.39, 0.29) is 26.3 Å². The molecule has 0 unspecified atom stereocenters. The summed E-state index contributed by atoms with van der Waals surface area (Å²) in [5.74, 6) is -2.64. The number of nitrogens with zero attached hydrogens (tertiary/aromatic N) is 2. The molecule has 1 amide bonds. The fourth-order valence-electron chi connectivity index (χ4n) is 2.69. The minimum absolute atomic E-state index is 0.0486. The topological polar surface area (TPSA) is 107 Å². The second-order valence-corrected chi connectivity index (χ2v) is 9.05. The number of rotatable bonds is 6. The maximum absolute atomic E-state index is 13.7. The molecule has 3 N–H and O–H groups in total. The molecule has 0 radical (unpaired) electrons. The summed E-state index contributed by atoms with van der Waals surface area (Å²) >= 11 is 1.07. The van der Waals surface area contributed by atoms with Gasteiger partial charge < -0.3 is 11.1 Å². The van der Waals surface area contributed by atoms with Crippen molar-refractivity contribution in [2.24, 2.45) is 0 Å². The number of thioether (sulfide) groups is 1. The molecule has 1 heterocycles. The molecule has 0 saturated heterocycles. The Morgan fingerprint density at radius 3 is 2.47 bits per heavy atom. The number of amides is 1. The molecule has 0 aliphatic heterocycles. The summed E-state index contributed by atoms with van der Waals surface area (Å²) in [5, 5.41) is 6.53. The smallest absolute Gasteiger partial charge is 0.246 e. The molecular weight excluding hydrogens is 434 g/mol. The Bertz CT molecular complexity index is 1210. The zero-order valence-corrected chi connectivity index (χ0v) is 17.7. The normalized spacial score (nSPS) is 11.5. The van der Waals surface area contributed by atoms with Gasteiger partial charge in [0.25, 0.3) is 0 Å². The van der Waals surface area contributed by atoms with Gasteiger partial charge in [-0.3, -0.25) is 4.79 Å². The highest BCUT2D eigenvalue weighted by Crippen LogP contribution is 2.34. The van der Waals surface area contributed by atoms with Gasteiger partial charge in [0.15, 0.2) is 0 Å². The number of hydrogen-bond acceptors (Lipinski definition) is 6. The van der Waals surface area contributed by atoms with Gasteiger partial charge in [-0.05, 0) is 37.4 Å². The quantitative estimate of drug-likeness (QED) is 0.556. The van der Waals surface area contributed by atoms with Crippen molar-refractivity contribution >= 4 is 39.0 Å². The summed E-state index contributed by atoms with van der Waals surface area (Å²) in [7, 11) is -3.98. The molecule has 30 heavy (non-hydrogen) atoms. The zero-order chi connectivity index (χ0) is 22.1. The van der Waals surface area contributed by atoms with E-state index in [0.717, 1.165) is 34.1 Å². The maximum atomic E-state index is 13.7. The first-order valence-corrected chi connectivity index (χ1v) is 11.3. The van der Waals surface area contributed by atoms with Gasteiger partial charge in [0.2, 0.25) is 15.7 Å². The van der Waals surface area contributed by atoms with E-state index in [1.807, 2.05) is 6.92 Å². The first kappa shape index (κ1) is 21.8. The SMILES string of the molecule is CSc1nn(CC(=O)Nc2ccc(F)cc2F)c(N)c1S(=O)(=O)c1ccc(C)cc1. The van der Waals surface area contributed by atoms with Crippen LogP contribution in [-0.4, -0.2) is 30.4 Å². The lowest BCUT2D eigenvalue weighted by molar-refractivity contribution is -0.116. The van der Waals surface area contributed by atoms with E-state index in [1.54, 1.807) is 18.4 Å². The summed E-state index contributed by atoms with van der Waals surface area (Å²) in [6, 6.07) is 8.98. The molecule has 158 valence electrons. The summed E-state index contributed by atoms with van der Waals surface area (Å²) in [6.45, 7) is 1.37. The van der Waals surface area contributed by atoms with Crippen molar-refractivity contribution in [3.8, 4) is 0 Å². The van der Waals surface area contributed by atoms with Gasteiger partial charge in [-0.15, -0.1) is 11.8 Å². The third-order valence-electron chi connectivity index (χ3n) is 4.21. The first-order chi connectivity index (χ1) is 14.1. The standard InChI is InChI=1S/C19H18F2N4O3S2/c1-11-3-6-13(7-4-11)30(27,28)17-18(22)25(24-19(17)29-2)10-16(26)23-15-8-5-12(20)9-14(15)21/h3-9H,10,22H2,1-2H3,(H,23,26). The van der Waals surface area contributed by atoms with Gasteiger partial charge in [-0.1, -0.05) is 17.7 Å². The molecule has 0 bridgehead atoms. The predicted octanol–water partition coefficient (Wildman–Crippen LogP) is 3.25. The average Bonchev–Trinajstić information content (AvgIpc) is 3.00. The second kappa shape index (κ2) is 8.44. The van der Waals surface area contributed by atoms with Gasteiger partial charge >= 0.3 is 0 Å².